The monoisotopic (exact) mass is 321 g/mol. The number of nitrogens with one attached hydrogen (secondary N) is 1. The molecule has 1 aliphatic heterocycles. The average molecular weight is 321 g/mol. The van der Waals surface area contributed by atoms with Gasteiger partial charge in [-0.25, -0.2) is 8.42 Å². The van der Waals surface area contributed by atoms with Crippen molar-refractivity contribution in [3.63, 3.8) is 0 Å². The van der Waals surface area contributed by atoms with E-state index < -0.39 is 9.84 Å². The third-order valence-corrected chi connectivity index (χ3v) is 6.34. The first-order valence-corrected chi connectivity index (χ1v) is 9.73. The standard InChI is InChI=1S/C16H23N3O2S/c17-16(18-10-12-3-2-8-22(20,21)11-12)19-15-7-6-13-4-1-5-14(13)9-15/h6-7,9,12H,1-5,8,10-11H2,(H3,17,18,19). The van der Waals surface area contributed by atoms with Crippen LogP contribution in [-0.2, 0) is 22.7 Å². The fourth-order valence-electron chi connectivity index (χ4n) is 3.33. The van der Waals surface area contributed by atoms with Crippen LogP contribution in [-0.4, -0.2) is 32.4 Å². The molecule has 1 aromatic carbocycles. The first-order valence-electron chi connectivity index (χ1n) is 7.91. The van der Waals surface area contributed by atoms with Crippen LogP contribution in [0.1, 0.15) is 30.4 Å². The molecule has 1 fully saturated rings. The lowest BCUT2D eigenvalue weighted by Gasteiger charge is -2.20. The summed E-state index contributed by atoms with van der Waals surface area (Å²) < 4.78 is 23.2. The van der Waals surface area contributed by atoms with Crippen molar-refractivity contribution in [1.29, 1.82) is 0 Å². The molecule has 1 aromatic rings. The molecule has 0 aromatic heterocycles. The van der Waals surface area contributed by atoms with E-state index in [2.05, 4.69) is 22.4 Å². The Morgan fingerprint density at radius 3 is 2.91 bits per heavy atom. The van der Waals surface area contributed by atoms with Gasteiger partial charge in [-0.2, -0.15) is 0 Å². The molecule has 3 rings (SSSR count). The van der Waals surface area contributed by atoms with E-state index in [4.69, 9.17) is 5.73 Å². The normalized spacial score (nSPS) is 24.0. The second-order valence-electron chi connectivity index (χ2n) is 6.31. The van der Waals surface area contributed by atoms with Gasteiger partial charge in [-0.1, -0.05) is 6.07 Å². The van der Waals surface area contributed by atoms with Crippen LogP contribution in [0, 0.1) is 5.92 Å². The molecule has 22 heavy (non-hydrogen) atoms. The Morgan fingerprint density at radius 2 is 2.09 bits per heavy atom. The van der Waals surface area contributed by atoms with Crippen LogP contribution < -0.4 is 11.1 Å². The summed E-state index contributed by atoms with van der Waals surface area (Å²) in [6.07, 6.45) is 5.16. The highest BCUT2D eigenvalue weighted by Crippen LogP contribution is 2.24. The summed E-state index contributed by atoms with van der Waals surface area (Å²) in [4.78, 5) is 4.32. The van der Waals surface area contributed by atoms with Crippen LogP contribution in [0.25, 0.3) is 0 Å². The number of hydrogen-bond acceptors (Lipinski definition) is 3. The molecule has 120 valence electrons. The molecule has 0 spiro atoms. The highest BCUT2D eigenvalue weighted by Gasteiger charge is 2.24. The number of nitrogens with zero attached hydrogens (tertiary/aromatic N) is 1. The number of aliphatic imine (C=N–C) groups is 1. The molecule has 0 amide bonds. The third-order valence-electron chi connectivity index (χ3n) is 4.45. The minimum Gasteiger partial charge on any atom is -0.370 e. The van der Waals surface area contributed by atoms with Crippen LogP contribution >= 0.6 is 0 Å². The summed E-state index contributed by atoms with van der Waals surface area (Å²) in [6, 6.07) is 6.30. The largest absolute Gasteiger partial charge is 0.370 e. The maximum Gasteiger partial charge on any atom is 0.193 e. The van der Waals surface area contributed by atoms with Crippen molar-refractivity contribution in [3.05, 3.63) is 29.3 Å². The molecule has 1 heterocycles. The van der Waals surface area contributed by atoms with Gasteiger partial charge in [-0.3, -0.25) is 4.99 Å². The van der Waals surface area contributed by atoms with Crippen molar-refractivity contribution in [2.45, 2.75) is 32.1 Å². The quantitative estimate of drug-likeness (QED) is 0.656. The van der Waals surface area contributed by atoms with Crippen molar-refractivity contribution in [2.75, 3.05) is 23.4 Å². The Balaban J connectivity index is 1.58. The zero-order chi connectivity index (χ0) is 15.6. The number of anilines is 1. The Morgan fingerprint density at radius 1 is 1.27 bits per heavy atom. The molecule has 1 saturated heterocycles. The second kappa shape index (κ2) is 6.28. The third kappa shape index (κ3) is 3.80. The molecular weight excluding hydrogens is 298 g/mol. The van der Waals surface area contributed by atoms with Gasteiger partial charge in [-0.15, -0.1) is 0 Å². The summed E-state index contributed by atoms with van der Waals surface area (Å²) in [5.41, 5.74) is 9.69. The van der Waals surface area contributed by atoms with Crippen LogP contribution in [0.3, 0.4) is 0 Å². The number of benzene rings is 1. The highest BCUT2D eigenvalue weighted by atomic mass is 32.2. The summed E-state index contributed by atoms with van der Waals surface area (Å²) in [7, 11) is -2.88. The Bertz CT molecular complexity index is 683. The summed E-state index contributed by atoms with van der Waals surface area (Å²) in [5, 5.41) is 3.11. The molecule has 0 bridgehead atoms. The summed E-state index contributed by atoms with van der Waals surface area (Å²) in [6.45, 7) is 0.475. The smallest absolute Gasteiger partial charge is 0.193 e. The molecule has 0 saturated carbocycles. The number of fused-ring (bicyclic) bond motifs is 1. The van der Waals surface area contributed by atoms with Crippen molar-refractivity contribution >= 4 is 21.5 Å². The fourth-order valence-corrected chi connectivity index (χ4v) is 5.09. The van der Waals surface area contributed by atoms with Gasteiger partial charge in [0.1, 0.15) is 0 Å². The van der Waals surface area contributed by atoms with Gasteiger partial charge in [0.2, 0.25) is 0 Å². The zero-order valence-electron chi connectivity index (χ0n) is 12.7. The van der Waals surface area contributed by atoms with Gasteiger partial charge in [-0.05, 0) is 61.3 Å². The lowest BCUT2D eigenvalue weighted by atomic mass is 10.1. The predicted octanol–water partition coefficient (Wildman–Crippen LogP) is 1.73. The van der Waals surface area contributed by atoms with E-state index in [1.807, 2.05) is 6.07 Å². The van der Waals surface area contributed by atoms with Crippen LogP contribution in [0.5, 0.6) is 0 Å². The lowest BCUT2D eigenvalue weighted by molar-refractivity contribution is 0.494. The SMILES string of the molecule is NC(=NCC1CCCS(=O)(=O)C1)Nc1ccc2c(c1)CCC2. The predicted molar refractivity (Wildman–Crippen MR) is 90.0 cm³/mol. The number of guanidine groups is 1. The molecule has 1 aliphatic carbocycles. The zero-order valence-corrected chi connectivity index (χ0v) is 13.5. The van der Waals surface area contributed by atoms with Gasteiger partial charge in [0.05, 0.1) is 11.5 Å². The summed E-state index contributed by atoms with van der Waals surface area (Å²) in [5.74, 6) is 1.01. The van der Waals surface area contributed by atoms with Crippen molar-refractivity contribution < 1.29 is 8.42 Å². The van der Waals surface area contributed by atoms with E-state index in [0.717, 1.165) is 31.4 Å². The second-order valence-corrected chi connectivity index (χ2v) is 8.54. The van der Waals surface area contributed by atoms with E-state index in [1.54, 1.807) is 0 Å². The number of nitrogens with two attached hydrogens (primary N) is 1. The maximum atomic E-state index is 11.6. The van der Waals surface area contributed by atoms with Crippen LogP contribution in [0.2, 0.25) is 0 Å². The van der Waals surface area contributed by atoms with Gasteiger partial charge in [0.15, 0.2) is 15.8 Å². The van der Waals surface area contributed by atoms with Crippen molar-refractivity contribution in [1.82, 2.24) is 0 Å². The number of hydrogen-bond donors (Lipinski definition) is 2. The number of sulfone groups is 1. The van der Waals surface area contributed by atoms with Crippen molar-refractivity contribution in [2.24, 2.45) is 16.6 Å². The Kier molecular flexibility index (Phi) is 4.38. The van der Waals surface area contributed by atoms with Crippen LogP contribution in [0.15, 0.2) is 23.2 Å². The minimum absolute atomic E-state index is 0.0964. The van der Waals surface area contributed by atoms with E-state index in [9.17, 15) is 8.42 Å². The number of aryl methyl sites for hydroxylation is 2. The highest BCUT2D eigenvalue weighted by molar-refractivity contribution is 7.91. The van der Waals surface area contributed by atoms with Gasteiger partial charge >= 0.3 is 0 Å². The molecule has 6 heteroatoms. The van der Waals surface area contributed by atoms with Crippen LogP contribution in [0.4, 0.5) is 5.69 Å². The Labute approximate surface area is 131 Å². The Hall–Kier alpha value is -1.56. The van der Waals surface area contributed by atoms with E-state index >= 15 is 0 Å². The average Bonchev–Trinajstić information content (AvgIpc) is 2.92. The lowest BCUT2D eigenvalue weighted by Crippen LogP contribution is -2.29. The molecule has 5 nitrogen and oxygen atoms in total. The summed E-state index contributed by atoms with van der Waals surface area (Å²) >= 11 is 0. The molecule has 1 unspecified atom stereocenters. The molecule has 1 atom stereocenters. The molecular formula is C16H23N3O2S. The molecule has 3 N–H and O–H groups in total. The van der Waals surface area contributed by atoms with E-state index in [-0.39, 0.29) is 11.7 Å². The van der Waals surface area contributed by atoms with Gasteiger partial charge < -0.3 is 11.1 Å². The van der Waals surface area contributed by atoms with E-state index in [1.165, 1.54) is 17.5 Å². The van der Waals surface area contributed by atoms with Gasteiger partial charge in [0, 0.05) is 12.2 Å². The maximum absolute atomic E-state index is 11.6. The van der Waals surface area contributed by atoms with Crippen molar-refractivity contribution in [3.8, 4) is 0 Å². The fraction of sp³-hybridized carbons (Fsp3) is 0.562. The van der Waals surface area contributed by atoms with E-state index in [0.29, 0.717) is 18.3 Å². The topological polar surface area (TPSA) is 84.5 Å². The number of rotatable bonds is 3. The first-order chi connectivity index (χ1) is 10.5. The minimum atomic E-state index is -2.88. The molecule has 0 radical (unpaired) electrons. The van der Waals surface area contributed by atoms with Gasteiger partial charge in [0.25, 0.3) is 0 Å². The first kappa shape index (κ1) is 15.3. The molecule has 2 aliphatic rings.